The number of nitrogens with two attached hydrogens (primary N) is 2. The predicted octanol–water partition coefficient (Wildman–Crippen LogP) is 4.20. The van der Waals surface area contributed by atoms with Crippen LogP contribution in [-0.4, -0.2) is 251 Å². The average molecular weight is 2020 g/mol. The fourth-order valence-electron chi connectivity index (χ4n) is 17.4. The zero-order chi connectivity index (χ0) is 101. The van der Waals surface area contributed by atoms with Gasteiger partial charge in [-0.3, -0.25) is 47.5 Å². The van der Waals surface area contributed by atoms with Gasteiger partial charge in [0, 0.05) is 71.7 Å². The fraction of sp³-hybridized carbons (Fsp3) is 0.433. The standard InChI is InChI=1S/C90H105Cl3N10O33P2/c1-37(2)24-54(103(7)63(109)22-23-66(137(123,124)125)138(126,127)128)82(116)101-71-73(110)44-15-20-57(51(92)26-44)131-59-28-46-29-60(77(59)136-88-78(75(112)74(111)61(36-104)133-88)135-65-34-90(6,80(114)39(4)130-65)96-35-40-8-10-41(11-9-40)42-12-17-47(91)18-13-42)132-58-21-16-45(27-52(58)93)76(134-64-33-89(5,95)79(113)38(3)129-64)72-86(120)100-70(87(121)122)50-30-48(105)31-56(107)67(50)49-25-43(14-19-55(49)106)68(83(117)102-72)99-84(118)69(46)98-81(115)53(32-62(94)108)97-85(71)119/h8-21,25-31,37-39,53-54,61,64-66,68-76,78-80,88,96,104-107,110-114H,22-24,32-36,95H2,1-7H3,(H2,94,108)(H,97,119)(H,98,115)(H,99,118)(H,100,120)(H,101,116)(H,102,117)(H,121,122)(H2,123,124,125)(H2,126,127,128)/t38-,39-,53-,54+,61+,64-,65-,68+,69+,70-,71+,72-,73+,74+,75-,76+,78+,79-,80-,88?,89-,90-/m0/s1. The number of phenolic OH excluding ortho intramolecular Hbond substituents is 3. The Labute approximate surface area is 802 Å². The quantitative estimate of drug-likeness (QED) is 0.0377. The summed E-state index contributed by atoms with van der Waals surface area (Å²) in [7, 11) is -10.2. The number of aliphatic hydroxyl groups is 6. The summed E-state index contributed by atoms with van der Waals surface area (Å²) in [6.07, 6.45) is -26.9. The minimum Gasteiger partial charge on any atom is -0.508 e. The Hall–Kier alpha value is -10.8. The van der Waals surface area contributed by atoms with Gasteiger partial charge in [-0.15, -0.1) is 0 Å². The van der Waals surface area contributed by atoms with Crippen molar-refractivity contribution < 1.29 is 161 Å². The zero-order valence-electron chi connectivity index (χ0n) is 74.6. The summed E-state index contributed by atoms with van der Waals surface area (Å²) in [5, 5.41) is 132. The van der Waals surface area contributed by atoms with Crippen molar-refractivity contribution in [3.05, 3.63) is 176 Å². The number of benzene rings is 7. The number of rotatable bonds is 24. The highest BCUT2D eigenvalue weighted by Gasteiger charge is 2.54. The molecule has 8 amide bonds. The summed E-state index contributed by atoms with van der Waals surface area (Å²) in [5.74, 6) is -19.6. The number of carboxylic acid groups (broad SMARTS) is 1. The molecule has 11 bridgehead atoms. The number of carbonyl (C=O) groups is 9. The number of phenols is 3. The van der Waals surface area contributed by atoms with E-state index in [2.05, 4.69) is 37.2 Å². The highest BCUT2D eigenvalue weighted by molar-refractivity contribution is 7.70. The van der Waals surface area contributed by atoms with Crippen molar-refractivity contribution in [1.82, 2.24) is 42.1 Å². The summed E-state index contributed by atoms with van der Waals surface area (Å²) >= 11 is 20.9. The van der Waals surface area contributed by atoms with Crippen molar-refractivity contribution in [2.24, 2.45) is 17.4 Å². The molecule has 0 radical (unpaired) electrons. The Morgan fingerprint density at radius 3 is 1.80 bits per heavy atom. The maximum atomic E-state index is 16.7. The summed E-state index contributed by atoms with van der Waals surface area (Å²) in [4.78, 5) is 177. The molecule has 3 saturated heterocycles. The maximum absolute atomic E-state index is 16.7. The molecule has 0 spiro atoms. The van der Waals surface area contributed by atoms with Crippen LogP contribution >= 0.6 is 50.0 Å². The summed E-state index contributed by atoms with van der Waals surface area (Å²) in [6, 6.07) is 11.7. The number of primary amides is 1. The number of nitrogens with zero attached hydrogens (tertiary/aromatic N) is 1. The van der Waals surface area contributed by atoms with Crippen LogP contribution in [0.25, 0.3) is 22.3 Å². The molecule has 744 valence electrons. The lowest BCUT2D eigenvalue weighted by atomic mass is 9.84. The molecule has 0 saturated carbocycles. The van der Waals surface area contributed by atoms with E-state index >= 15 is 28.8 Å². The van der Waals surface area contributed by atoms with Crippen LogP contribution < -0.4 is 62.9 Å². The summed E-state index contributed by atoms with van der Waals surface area (Å²) in [5.41, 5.74) is 8.82. The largest absolute Gasteiger partial charge is 0.508 e. The van der Waals surface area contributed by atoms with Crippen molar-refractivity contribution in [2.75, 3.05) is 13.7 Å². The lowest BCUT2D eigenvalue weighted by molar-refractivity contribution is -0.334. The molecule has 25 N–H and O–H groups in total. The van der Waals surface area contributed by atoms with E-state index in [1.54, 1.807) is 32.9 Å². The molecule has 8 aliphatic rings. The molecular weight excluding hydrogens is 1920 g/mol. The molecule has 7 aromatic rings. The van der Waals surface area contributed by atoms with Gasteiger partial charge in [0.15, 0.2) is 41.6 Å². The third-order valence-corrected chi connectivity index (χ3v) is 29.5. The number of amides is 8. The summed E-state index contributed by atoms with van der Waals surface area (Å²) in [6.45, 7) is 8.35. The van der Waals surface area contributed by atoms with Gasteiger partial charge in [-0.2, -0.15) is 0 Å². The minimum absolute atomic E-state index is 0.149. The molecule has 15 rings (SSSR count). The van der Waals surface area contributed by atoms with Crippen molar-refractivity contribution in [1.29, 1.82) is 0 Å². The van der Waals surface area contributed by atoms with Crippen LogP contribution in [0.3, 0.4) is 0 Å². The maximum Gasteiger partial charge on any atom is 0.340 e. The number of aliphatic carboxylic acids is 1. The Kier molecular flexibility index (Phi) is 32.1. The van der Waals surface area contributed by atoms with Gasteiger partial charge in [0.25, 0.3) is 0 Å². The van der Waals surface area contributed by atoms with E-state index in [0.29, 0.717) is 5.02 Å². The second-order valence-electron chi connectivity index (χ2n) is 35.6. The van der Waals surface area contributed by atoms with E-state index in [1.165, 1.54) is 26.8 Å². The van der Waals surface area contributed by atoms with Crippen molar-refractivity contribution in [3.63, 3.8) is 0 Å². The lowest BCUT2D eigenvalue weighted by Crippen LogP contribution is -2.65. The lowest BCUT2D eigenvalue weighted by Gasteiger charge is -2.48. The predicted molar refractivity (Wildman–Crippen MR) is 486 cm³/mol. The highest BCUT2D eigenvalue weighted by Crippen LogP contribution is 2.62. The van der Waals surface area contributed by atoms with E-state index in [9.17, 15) is 94.2 Å². The first-order chi connectivity index (χ1) is 64.8. The van der Waals surface area contributed by atoms with Gasteiger partial charge in [-0.25, -0.2) is 4.79 Å². The molecule has 3 fully saturated rings. The molecule has 0 aromatic heterocycles. The van der Waals surface area contributed by atoms with Crippen LogP contribution in [0.2, 0.25) is 15.1 Å². The van der Waals surface area contributed by atoms with Gasteiger partial charge < -0.3 is 162 Å². The first-order valence-electron chi connectivity index (χ1n) is 43.4. The van der Waals surface area contributed by atoms with Gasteiger partial charge in [0.2, 0.25) is 59.3 Å². The molecule has 0 aliphatic carbocycles. The fourth-order valence-corrected chi connectivity index (χ4v) is 20.4. The van der Waals surface area contributed by atoms with Crippen LogP contribution in [-0.2, 0) is 82.5 Å². The van der Waals surface area contributed by atoms with Crippen LogP contribution in [0.4, 0.5) is 0 Å². The molecular formula is C90H105Cl3N10O33P2. The molecule has 138 heavy (non-hydrogen) atoms. The molecule has 43 nitrogen and oxygen atoms in total. The van der Waals surface area contributed by atoms with E-state index < -0.39 is 329 Å². The van der Waals surface area contributed by atoms with Gasteiger partial charge in [-0.05, 0) is 152 Å². The number of aliphatic hydroxyl groups excluding tert-OH is 6. The van der Waals surface area contributed by atoms with Gasteiger partial charge >= 0.3 is 21.2 Å². The third kappa shape index (κ3) is 23.4. The Morgan fingerprint density at radius 2 is 1.21 bits per heavy atom. The Morgan fingerprint density at radius 1 is 0.638 bits per heavy atom. The van der Waals surface area contributed by atoms with Gasteiger partial charge in [0.1, 0.15) is 95.5 Å². The second-order valence-corrected chi connectivity index (χ2v) is 40.9. The average Bonchev–Trinajstić information content (AvgIpc) is 0.756. The van der Waals surface area contributed by atoms with Crippen LogP contribution in [0, 0.1) is 5.92 Å². The molecule has 22 atom stereocenters. The highest BCUT2D eigenvalue weighted by atomic mass is 35.5. The zero-order valence-corrected chi connectivity index (χ0v) is 78.7. The Bertz CT molecular complexity index is 5880. The third-order valence-electron chi connectivity index (χ3n) is 24.8. The topological polar surface area (TPSA) is 684 Å². The number of ether oxygens (including phenoxy) is 8. The number of carboxylic acids is 1. The van der Waals surface area contributed by atoms with E-state index in [1.807, 2.05) is 36.4 Å². The molecule has 48 heteroatoms. The number of hydrogen-bond donors (Lipinski definition) is 23. The normalized spacial score (nSPS) is 28.3. The van der Waals surface area contributed by atoms with E-state index in [-0.39, 0.29) is 30.5 Å². The smallest absolute Gasteiger partial charge is 0.340 e. The van der Waals surface area contributed by atoms with E-state index in [0.717, 1.165) is 101 Å². The summed E-state index contributed by atoms with van der Waals surface area (Å²) < 4.78 is 77.5. The molecule has 8 heterocycles. The van der Waals surface area contributed by atoms with Crippen molar-refractivity contribution in [3.8, 4) is 68.2 Å². The van der Waals surface area contributed by atoms with Crippen LogP contribution in [0.15, 0.2) is 127 Å². The van der Waals surface area contributed by atoms with Gasteiger partial charge in [-0.1, -0.05) is 103 Å². The monoisotopic (exact) mass is 2020 g/mol. The number of likely N-dealkylation sites (N-methyl/N-ethyl adjacent to an activating group) is 1. The SMILES string of the molecule is CC(C)C[C@H](C(=O)N[C@H]1C(=O)N[C@@H](CC(N)=O)C(=O)N[C@H]2C(=O)N[C@H]3C(=O)N[C@H](C(=O)N[C@H](C(=O)O)c4cc(O)cc(O)c4-c4cc3ccc4O)[C@H](O[C@H]3C[C@](C)(N)[C@@H](O)[C@H](C)O3)c3ccc(c(Cl)c3)Oc3cc2cc(c3OC2O[C@H](CO)[C@@H](O)[C@H](O)[C@H]2O[C@H]2C[C@](C)(NCc3ccc(-c4ccc(Cl)cc4)cc3)[C@@H](O)[C@H](C)O2)Oc2ccc(cc2Cl)[C@H]1O)N(C)C(=O)CCC(P(=O)(O)O)P(=O)(O)O. The second kappa shape index (κ2) is 42.3. The van der Waals surface area contributed by atoms with Crippen molar-refractivity contribution in [2.45, 2.75) is 225 Å². The number of fused-ring (bicyclic) bond motifs is 15. The first-order valence-corrected chi connectivity index (χ1v) is 47.8. The number of halogens is 3. The molecule has 1 unspecified atom stereocenters. The van der Waals surface area contributed by atoms with Crippen LogP contribution in [0.5, 0.6) is 46.0 Å². The van der Waals surface area contributed by atoms with Crippen molar-refractivity contribution >= 4 is 103 Å². The minimum atomic E-state index is -5.61. The number of carbonyl (C=O) groups excluding carboxylic acids is 8. The van der Waals surface area contributed by atoms with E-state index in [4.69, 9.17) is 84.2 Å². The van der Waals surface area contributed by atoms with Crippen LogP contribution in [0.1, 0.15) is 144 Å². The number of nitrogens with one attached hydrogen (secondary N) is 7. The van der Waals surface area contributed by atoms with Gasteiger partial charge in [0.05, 0.1) is 47.5 Å². The molecule has 8 aliphatic heterocycles. The molecule has 7 aromatic carbocycles. The Balaban J connectivity index is 1.01. The number of aromatic hydroxyl groups is 3. The number of hydrogen-bond acceptors (Lipinski definition) is 30. The first kappa shape index (κ1) is 105.